The third-order valence-corrected chi connectivity index (χ3v) is 3.99. The van der Waals surface area contributed by atoms with Crippen LogP contribution in [0.25, 0.3) is 0 Å². The average Bonchev–Trinajstić information content (AvgIpc) is 2.63. The van der Waals surface area contributed by atoms with Crippen LogP contribution >= 0.6 is 0 Å². The van der Waals surface area contributed by atoms with Gasteiger partial charge in [-0.05, 0) is 37.1 Å². The quantitative estimate of drug-likeness (QED) is 0.629. The number of amides is 2. The number of primary amides is 1. The van der Waals surface area contributed by atoms with Gasteiger partial charge in [-0.3, -0.25) is 4.90 Å². The zero-order chi connectivity index (χ0) is 19.1. The molecule has 2 aromatic rings. The van der Waals surface area contributed by atoms with Crippen molar-refractivity contribution in [3.05, 3.63) is 47.5 Å². The summed E-state index contributed by atoms with van der Waals surface area (Å²) in [6.07, 6.45) is 4.09. The molecule has 0 saturated carbocycles. The zero-order valence-electron chi connectivity index (χ0n) is 14.5. The molecule has 132 valence electrons. The van der Waals surface area contributed by atoms with Crippen LogP contribution < -0.4 is 10.6 Å². The van der Waals surface area contributed by atoms with E-state index < -0.39 is 6.03 Å². The van der Waals surface area contributed by atoms with Crippen LogP contribution in [0.3, 0.4) is 0 Å². The predicted octanol–water partition coefficient (Wildman–Crippen LogP) is 3.96. The molecule has 7 heteroatoms. The Kier molecular flexibility index (Phi) is 6.17. The second-order valence-electron chi connectivity index (χ2n) is 5.34. The van der Waals surface area contributed by atoms with Gasteiger partial charge in [-0.2, -0.15) is 9.98 Å². The van der Waals surface area contributed by atoms with Crippen LogP contribution in [0.1, 0.15) is 25.0 Å². The van der Waals surface area contributed by atoms with Gasteiger partial charge in [0.1, 0.15) is 0 Å². The molecule has 0 unspecified atom stereocenters. The number of rotatable bonds is 6. The van der Waals surface area contributed by atoms with E-state index in [-0.39, 0.29) is 0 Å². The van der Waals surface area contributed by atoms with Crippen molar-refractivity contribution in [1.29, 1.82) is 0 Å². The van der Waals surface area contributed by atoms with Crippen molar-refractivity contribution in [2.24, 2.45) is 15.7 Å². The van der Waals surface area contributed by atoms with Gasteiger partial charge >= 0.3 is 6.03 Å². The second-order valence-corrected chi connectivity index (χ2v) is 5.34. The number of aliphatic imine (C=N–C) groups is 2. The Bertz CT molecular complexity index is 857. The standard InChI is InChI=1S/C19H18N4O3/c1-3-13-15(21-11-24)7-5-9-17(13)23(19(20)26)18-10-6-8-16(22-12-25)14(18)4-2/h5-10H,3-4H2,1-2H3,(H2,20,26). The van der Waals surface area contributed by atoms with E-state index >= 15 is 0 Å². The molecule has 0 spiro atoms. The van der Waals surface area contributed by atoms with E-state index in [9.17, 15) is 14.4 Å². The fraction of sp³-hybridized carbons (Fsp3) is 0.211. The third kappa shape index (κ3) is 3.59. The highest BCUT2D eigenvalue weighted by molar-refractivity contribution is 6.01. The van der Waals surface area contributed by atoms with Crippen molar-refractivity contribution in [2.45, 2.75) is 26.7 Å². The van der Waals surface area contributed by atoms with E-state index in [1.165, 1.54) is 17.1 Å². The second kappa shape index (κ2) is 8.53. The summed E-state index contributed by atoms with van der Waals surface area (Å²) in [5.74, 6) is 0. The van der Waals surface area contributed by atoms with Crippen LogP contribution in [0.5, 0.6) is 0 Å². The minimum absolute atomic E-state index is 0.423. The molecule has 2 N–H and O–H groups in total. The summed E-state index contributed by atoms with van der Waals surface area (Å²) in [5.41, 5.74) is 8.90. The van der Waals surface area contributed by atoms with Crippen LogP contribution in [-0.4, -0.2) is 18.2 Å². The van der Waals surface area contributed by atoms with Gasteiger partial charge < -0.3 is 5.73 Å². The van der Waals surface area contributed by atoms with Crippen molar-refractivity contribution in [2.75, 3.05) is 4.90 Å². The van der Waals surface area contributed by atoms with Gasteiger partial charge in [0.2, 0.25) is 12.2 Å². The van der Waals surface area contributed by atoms with Gasteiger partial charge in [-0.1, -0.05) is 26.0 Å². The van der Waals surface area contributed by atoms with Crippen LogP contribution in [0, 0.1) is 0 Å². The van der Waals surface area contributed by atoms with Gasteiger partial charge in [-0.25, -0.2) is 14.4 Å². The summed E-state index contributed by atoms with van der Waals surface area (Å²) in [4.78, 5) is 42.5. The largest absolute Gasteiger partial charge is 0.351 e. The number of nitrogens with zero attached hydrogens (tertiary/aromatic N) is 3. The summed E-state index contributed by atoms with van der Waals surface area (Å²) in [6.45, 7) is 3.77. The molecule has 0 radical (unpaired) electrons. The molecule has 0 aliphatic carbocycles. The van der Waals surface area contributed by atoms with E-state index in [0.717, 1.165) is 0 Å². The monoisotopic (exact) mass is 350 g/mol. The average molecular weight is 350 g/mol. The number of benzene rings is 2. The van der Waals surface area contributed by atoms with Gasteiger partial charge in [0.15, 0.2) is 0 Å². The van der Waals surface area contributed by atoms with Crippen LogP contribution in [0.2, 0.25) is 0 Å². The summed E-state index contributed by atoms with van der Waals surface area (Å²) < 4.78 is 0. The van der Waals surface area contributed by atoms with Crippen molar-refractivity contribution in [3.8, 4) is 0 Å². The Morgan fingerprint density at radius 1 is 0.923 bits per heavy atom. The van der Waals surface area contributed by atoms with E-state index in [2.05, 4.69) is 9.98 Å². The fourth-order valence-electron chi connectivity index (χ4n) is 2.94. The maximum absolute atomic E-state index is 12.3. The molecule has 0 saturated heterocycles. The number of hydrogen-bond donors (Lipinski definition) is 1. The van der Waals surface area contributed by atoms with Crippen LogP contribution in [-0.2, 0) is 22.4 Å². The van der Waals surface area contributed by atoms with E-state index in [1.807, 2.05) is 13.8 Å². The number of nitrogens with two attached hydrogens (primary N) is 1. The Morgan fingerprint density at radius 2 is 1.35 bits per heavy atom. The number of urea groups is 1. The molecule has 26 heavy (non-hydrogen) atoms. The number of carbonyl (C=O) groups is 1. The first-order valence-corrected chi connectivity index (χ1v) is 8.08. The molecule has 0 heterocycles. The molecule has 2 aromatic carbocycles. The van der Waals surface area contributed by atoms with E-state index in [1.54, 1.807) is 36.4 Å². The minimum Gasteiger partial charge on any atom is -0.351 e. The Hall–Kier alpha value is -3.53. The topological polar surface area (TPSA) is 105 Å². The molecular weight excluding hydrogens is 332 g/mol. The summed E-state index contributed by atoms with van der Waals surface area (Å²) in [6, 6.07) is 9.44. The molecule has 7 nitrogen and oxygen atoms in total. The molecule has 0 bridgehead atoms. The van der Waals surface area contributed by atoms with Crippen LogP contribution in [0.15, 0.2) is 46.4 Å². The van der Waals surface area contributed by atoms with E-state index in [4.69, 9.17) is 5.73 Å². The highest BCUT2D eigenvalue weighted by atomic mass is 16.2. The lowest BCUT2D eigenvalue weighted by Crippen LogP contribution is -2.33. The Balaban J connectivity index is 2.79. The number of hydrogen-bond acceptors (Lipinski definition) is 5. The SMILES string of the molecule is CCc1c(N=C=O)cccc1N(C(N)=O)c1cccc(N=C=O)c1CC. The maximum atomic E-state index is 12.3. The van der Waals surface area contributed by atoms with Crippen LogP contribution in [0.4, 0.5) is 27.5 Å². The molecule has 0 fully saturated rings. The first-order chi connectivity index (χ1) is 12.6. The number of isocyanates is 2. The normalized spacial score (nSPS) is 9.77. The molecule has 0 aliphatic rings. The number of anilines is 2. The Labute approximate surface area is 150 Å². The molecular formula is C19H18N4O3. The highest BCUT2D eigenvalue weighted by Crippen LogP contribution is 2.38. The fourth-order valence-corrected chi connectivity index (χ4v) is 2.94. The molecule has 2 rings (SSSR count). The van der Waals surface area contributed by atoms with Gasteiger partial charge in [-0.15, -0.1) is 0 Å². The summed E-state index contributed by atoms with van der Waals surface area (Å²) in [5, 5.41) is 0. The highest BCUT2D eigenvalue weighted by Gasteiger charge is 2.23. The molecule has 0 aliphatic heterocycles. The smallest absolute Gasteiger partial charge is 0.323 e. The van der Waals surface area contributed by atoms with E-state index in [0.29, 0.717) is 46.7 Å². The molecule has 0 aromatic heterocycles. The first-order valence-electron chi connectivity index (χ1n) is 8.08. The van der Waals surface area contributed by atoms with Crippen molar-refractivity contribution < 1.29 is 14.4 Å². The minimum atomic E-state index is -0.700. The number of carbonyl (C=O) groups excluding carboxylic acids is 3. The van der Waals surface area contributed by atoms with Gasteiger partial charge in [0, 0.05) is 11.1 Å². The lowest BCUT2D eigenvalue weighted by molar-refractivity contribution is 0.256. The first kappa shape index (κ1) is 18.8. The predicted molar refractivity (Wildman–Crippen MR) is 98.9 cm³/mol. The lowest BCUT2D eigenvalue weighted by Gasteiger charge is -2.26. The van der Waals surface area contributed by atoms with Crippen molar-refractivity contribution in [1.82, 2.24) is 0 Å². The maximum Gasteiger partial charge on any atom is 0.323 e. The van der Waals surface area contributed by atoms with Gasteiger partial charge in [0.05, 0.1) is 22.7 Å². The lowest BCUT2D eigenvalue weighted by atomic mass is 10.0. The van der Waals surface area contributed by atoms with Crippen molar-refractivity contribution in [3.63, 3.8) is 0 Å². The molecule has 2 amide bonds. The summed E-state index contributed by atoms with van der Waals surface area (Å²) >= 11 is 0. The van der Waals surface area contributed by atoms with Crippen molar-refractivity contribution >= 4 is 40.9 Å². The molecule has 0 atom stereocenters. The van der Waals surface area contributed by atoms with Gasteiger partial charge in [0.25, 0.3) is 0 Å². The zero-order valence-corrected chi connectivity index (χ0v) is 14.5. The third-order valence-electron chi connectivity index (χ3n) is 3.99. The summed E-state index contributed by atoms with van der Waals surface area (Å²) in [7, 11) is 0. The Morgan fingerprint density at radius 3 is 1.65 bits per heavy atom.